The number of aryl methyl sites for hydroxylation is 1. The molecule has 0 heterocycles. The molecule has 0 N–H and O–H groups in total. The highest BCUT2D eigenvalue weighted by Gasteiger charge is 2.46. The molecule has 0 aliphatic rings. The zero-order chi connectivity index (χ0) is 21.6. The van der Waals surface area contributed by atoms with Crippen molar-refractivity contribution in [2.75, 3.05) is 6.61 Å². The van der Waals surface area contributed by atoms with Gasteiger partial charge in [-0.15, -0.1) is 0 Å². The summed E-state index contributed by atoms with van der Waals surface area (Å²) in [6.45, 7) is 3.23. The maximum absolute atomic E-state index is 13.0. The molecule has 1 unspecified atom stereocenters. The molecule has 3 aromatic rings. The number of carbonyl (C=O) groups is 3. The Morgan fingerprint density at radius 2 is 1.53 bits per heavy atom. The van der Waals surface area contributed by atoms with Crippen LogP contribution in [-0.4, -0.2) is 24.1 Å². The summed E-state index contributed by atoms with van der Waals surface area (Å²) in [5, 5.41) is 2.18. The number of ketones is 2. The van der Waals surface area contributed by atoms with Gasteiger partial charge in [0.2, 0.25) is 0 Å². The van der Waals surface area contributed by atoms with Crippen LogP contribution in [0, 0.1) is 5.41 Å². The van der Waals surface area contributed by atoms with E-state index in [1.165, 1.54) is 6.92 Å². The van der Waals surface area contributed by atoms with E-state index in [1.54, 1.807) is 31.2 Å². The van der Waals surface area contributed by atoms with Gasteiger partial charge in [-0.2, -0.15) is 0 Å². The van der Waals surface area contributed by atoms with Gasteiger partial charge in [-0.25, -0.2) is 0 Å². The molecular weight excluding hydrogens is 376 g/mol. The normalized spacial score (nSPS) is 12.9. The summed E-state index contributed by atoms with van der Waals surface area (Å²) in [5.41, 5.74) is 0.0210. The molecule has 1 atom stereocenters. The molecule has 0 spiro atoms. The number of hydrogen-bond acceptors (Lipinski definition) is 4. The van der Waals surface area contributed by atoms with Gasteiger partial charge in [0.05, 0.1) is 6.61 Å². The van der Waals surface area contributed by atoms with Gasteiger partial charge in [-0.1, -0.05) is 72.8 Å². The van der Waals surface area contributed by atoms with Gasteiger partial charge in [-0.3, -0.25) is 14.4 Å². The molecule has 0 aliphatic carbocycles. The molecule has 0 radical (unpaired) electrons. The van der Waals surface area contributed by atoms with E-state index in [0.29, 0.717) is 12.0 Å². The van der Waals surface area contributed by atoms with Gasteiger partial charge >= 0.3 is 5.97 Å². The van der Waals surface area contributed by atoms with E-state index in [4.69, 9.17) is 4.74 Å². The largest absolute Gasteiger partial charge is 0.465 e. The molecule has 3 rings (SSSR count). The Morgan fingerprint density at radius 1 is 0.867 bits per heavy atom. The van der Waals surface area contributed by atoms with Crippen LogP contribution in [0.1, 0.15) is 42.6 Å². The maximum atomic E-state index is 13.0. The zero-order valence-corrected chi connectivity index (χ0v) is 17.4. The van der Waals surface area contributed by atoms with E-state index in [9.17, 15) is 14.4 Å². The minimum atomic E-state index is -1.50. The van der Waals surface area contributed by atoms with Crippen molar-refractivity contribution in [1.82, 2.24) is 0 Å². The van der Waals surface area contributed by atoms with Crippen LogP contribution >= 0.6 is 0 Å². The lowest BCUT2D eigenvalue weighted by Crippen LogP contribution is -2.42. The van der Waals surface area contributed by atoms with E-state index < -0.39 is 11.4 Å². The third-order valence-electron chi connectivity index (χ3n) is 5.60. The molecule has 0 aromatic heterocycles. The van der Waals surface area contributed by atoms with E-state index in [0.717, 1.165) is 16.3 Å². The summed E-state index contributed by atoms with van der Waals surface area (Å²) >= 11 is 0. The Labute approximate surface area is 176 Å². The molecule has 0 saturated heterocycles. The van der Waals surface area contributed by atoms with Crippen molar-refractivity contribution in [1.29, 1.82) is 0 Å². The van der Waals surface area contributed by atoms with Gasteiger partial charge in [0.25, 0.3) is 0 Å². The Bertz CT molecular complexity index is 1050. The zero-order valence-electron chi connectivity index (χ0n) is 17.4. The number of carbonyl (C=O) groups excluding carboxylic acids is 3. The minimum absolute atomic E-state index is 0.154. The van der Waals surface area contributed by atoms with Gasteiger partial charge < -0.3 is 4.74 Å². The average Bonchev–Trinajstić information content (AvgIpc) is 2.77. The fourth-order valence-corrected chi connectivity index (χ4v) is 3.83. The summed E-state index contributed by atoms with van der Waals surface area (Å²) in [4.78, 5) is 38.7. The quantitative estimate of drug-likeness (QED) is 0.281. The molecule has 0 amide bonds. The topological polar surface area (TPSA) is 60.4 Å². The molecule has 0 aliphatic heterocycles. The van der Waals surface area contributed by atoms with Crippen LogP contribution < -0.4 is 0 Å². The Kier molecular flexibility index (Phi) is 6.78. The highest BCUT2D eigenvalue weighted by Crippen LogP contribution is 2.34. The minimum Gasteiger partial charge on any atom is -0.465 e. The van der Waals surface area contributed by atoms with Gasteiger partial charge in [0.1, 0.15) is 11.2 Å². The van der Waals surface area contributed by atoms with Crippen molar-refractivity contribution in [2.24, 2.45) is 5.41 Å². The van der Waals surface area contributed by atoms with Crippen molar-refractivity contribution in [3.63, 3.8) is 0 Å². The Hall–Kier alpha value is -3.27. The monoisotopic (exact) mass is 402 g/mol. The lowest BCUT2D eigenvalue weighted by Gasteiger charge is -2.28. The summed E-state index contributed by atoms with van der Waals surface area (Å²) < 4.78 is 5.27. The molecule has 0 fully saturated rings. The first-order valence-electron chi connectivity index (χ1n) is 10.2. The SMILES string of the molecule is CCOC(=O)C(CCc1cccc2ccccc12)(CC(=O)c1ccccc1)C(C)=O. The second-order valence-electron chi connectivity index (χ2n) is 7.46. The van der Waals surface area contributed by atoms with E-state index >= 15 is 0 Å². The van der Waals surface area contributed by atoms with Crippen molar-refractivity contribution in [2.45, 2.75) is 33.1 Å². The van der Waals surface area contributed by atoms with Crippen LogP contribution in [0.25, 0.3) is 10.8 Å². The molecule has 4 nitrogen and oxygen atoms in total. The third kappa shape index (κ3) is 4.48. The predicted octanol–water partition coefficient (Wildman–Crippen LogP) is 5.18. The number of ether oxygens (including phenoxy) is 1. The highest BCUT2D eigenvalue weighted by molar-refractivity contribution is 6.09. The van der Waals surface area contributed by atoms with Crippen LogP contribution in [0.15, 0.2) is 72.8 Å². The van der Waals surface area contributed by atoms with Crippen LogP contribution in [0.5, 0.6) is 0 Å². The number of benzene rings is 3. The summed E-state index contributed by atoms with van der Waals surface area (Å²) in [6, 6.07) is 22.7. The Balaban J connectivity index is 1.95. The van der Waals surface area contributed by atoms with E-state index in [2.05, 4.69) is 0 Å². The average molecular weight is 402 g/mol. The van der Waals surface area contributed by atoms with Crippen LogP contribution in [-0.2, 0) is 20.7 Å². The smallest absolute Gasteiger partial charge is 0.320 e. The van der Waals surface area contributed by atoms with Crippen LogP contribution in [0.2, 0.25) is 0 Å². The first kappa shape index (κ1) is 21.4. The summed E-state index contributed by atoms with van der Waals surface area (Å²) in [7, 11) is 0. The van der Waals surface area contributed by atoms with Crippen molar-refractivity contribution >= 4 is 28.3 Å². The lowest BCUT2D eigenvalue weighted by molar-refractivity contribution is -0.160. The van der Waals surface area contributed by atoms with Crippen LogP contribution in [0.4, 0.5) is 0 Å². The first-order valence-corrected chi connectivity index (χ1v) is 10.2. The van der Waals surface area contributed by atoms with Crippen molar-refractivity contribution < 1.29 is 19.1 Å². The van der Waals surface area contributed by atoms with Crippen molar-refractivity contribution in [3.8, 4) is 0 Å². The Morgan fingerprint density at radius 3 is 2.23 bits per heavy atom. The molecular formula is C26H26O4. The predicted molar refractivity (Wildman–Crippen MR) is 117 cm³/mol. The second kappa shape index (κ2) is 9.49. The van der Waals surface area contributed by atoms with Crippen molar-refractivity contribution in [3.05, 3.63) is 83.9 Å². The summed E-state index contributed by atoms with van der Waals surface area (Å²) in [6.07, 6.45) is 0.505. The molecule has 3 aromatic carbocycles. The second-order valence-corrected chi connectivity index (χ2v) is 7.46. The molecule has 30 heavy (non-hydrogen) atoms. The molecule has 154 valence electrons. The summed E-state index contributed by atoms with van der Waals surface area (Å²) in [5.74, 6) is -1.20. The number of fused-ring (bicyclic) bond motifs is 1. The number of esters is 1. The molecule has 0 saturated carbocycles. The molecule has 0 bridgehead atoms. The number of Topliss-reactive ketones (excluding diaryl/α,β-unsaturated/α-hetero) is 2. The highest BCUT2D eigenvalue weighted by atomic mass is 16.5. The molecule has 4 heteroatoms. The fourth-order valence-electron chi connectivity index (χ4n) is 3.83. The van der Waals surface area contributed by atoms with E-state index in [1.807, 2.05) is 48.5 Å². The van der Waals surface area contributed by atoms with Gasteiger partial charge in [0.15, 0.2) is 5.78 Å². The lowest BCUT2D eigenvalue weighted by atomic mass is 9.73. The van der Waals surface area contributed by atoms with E-state index in [-0.39, 0.29) is 31.0 Å². The first-order chi connectivity index (χ1) is 14.5. The fraction of sp³-hybridized carbons (Fsp3) is 0.269. The van der Waals surface area contributed by atoms with Gasteiger partial charge in [0, 0.05) is 12.0 Å². The van der Waals surface area contributed by atoms with Crippen LogP contribution in [0.3, 0.4) is 0 Å². The maximum Gasteiger partial charge on any atom is 0.320 e. The third-order valence-corrected chi connectivity index (χ3v) is 5.60. The number of rotatable bonds is 9. The van der Waals surface area contributed by atoms with Gasteiger partial charge in [-0.05, 0) is 43.0 Å². The number of hydrogen-bond donors (Lipinski definition) is 0. The standard InChI is InChI=1S/C26H26O4/c1-3-30-25(29)26(19(2)27,18-24(28)22-11-5-4-6-12-22)17-16-21-14-9-13-20-10-7-8-15-23(20)21/h4-15H,3,16-18H2,1-2H3.